The van der Waals surface area contributed by atoms with Gasteiger partial charge in [0.05, 0.1) is 12.2 Å². The second kappa shape index (κ2) is 8.83. The standard InChI is InChI=1S/C20H20I2O4/c21-11-15-18-17(25-19(23-15)13-7-3-1-4-8-13)16(12-22)24-20(26-18)14-9-5-2-6-10-14/h1-10,15-20H,11-12H2. The minimum atomic E-state index is -0.386. The number of ether oxygens (including phenoxy) is 4. The third kappa shape index (κ3) is 3.95. The summed E-state index contributed by atoms with van der Waals surface area (Å²) < 4.78 is 26.8. The van der Waals surface area contributed by atoms with Crippen molar-refractivity contribution in [3.05, 3.63) is 71.8 Å². The molecule has 6 unspecified atom stereocenters. The third-order valence-corrected chi connectivity index (χ3v) is 6.40. The quantitative estimate of drug-likeness (QED) is 0.386. The van der Waals surface area contributed by atoms with E-state index in [9.17, 15) is 0 Å². The fraction of sp³-hybridized carbons (Fsp3) is 0.400. The number of alkyl halides is 2. The Bertz CT molecular complexity index is 638. The van der Waals surface area contributed by atoms with Gasteiger partial charge in [-0.2, -0.15) is 0 Å². The van der Waals surface area contributed by atoms with Gasteiger partial charge in [-0.05, 0) is 0 Å². The molecule has 0 spiro atoms. The SMILES string of the molecule is ICC1OC(c2ccccc2)OC2C(CI)OC(c3ccccc3)OC12. The van der Waals surface area contributed by atoms with Crippen LogP contribution in [0.25, 0.3) is 0 Å². The van der Waals surface area contributed by atoms with E-state index in [2.05, 4.69) is 45.2 Å². The number of fused-ring (bicyclic) bond motifs is 1. The summed E-state index contributed by atoms with van der Waals surface area (Å²) in [5, 5.41) is 0. The van der Waals surface area contributed by atoms with Crippen molar-refractivity contribution in [1.82, 2.24) is 0 Å². The molecule has 0 aromatic heterocycles. The van der Waals surface area contributed by atoms with E-state index in [0.29, 0.717) is 0 Å². The third-order valence-electron chi connectivity index (χ3n) is 4.66. The zero-order valence-electron chi connectivity index (χ0n) is 14.0. The lowest BCUT2D eigenvalue weighted by Gasteiger charge is -2.48. The van der Waals surface area contributed by atoms with Crippen LogP contribution in [0.3, 0.4) is 0 Å². The Hall–Kier alpha value is -0.260. The van der Waals surface area contributed by atoms with Crippen LogP contribution < -0.4 is 0 Å². The van der Waals surface area contributed by atoms with Gasteiger partial charge in [-0.1, -0.05) is 106 Å². The highest BCUT2D eigenvalue weighted by molar-refractivity contribution is 14.1. The van der Waals surface area contributed by atoms with Crippen LogP contribution in [0.4, 0.5) is 0 Å². The summed E-state index contributed by atoms with van der Waals surface area (Å²) in [7, 11) is 0. The van der Waals surface area contributed by atoms with Crippen LogP contribution in [0.2, 0.25) is 0 Å². The van der Waals surface area contributed by atoms with Gasteiger partial charge in [0.25, 0.3) is 0 Å². The number of hydrogen-bond acceptors (Lipinski definition) is 4. The Morgan fingerprint density at radius 1 is 0.577 bits per heavy atom. The molecule has 2 saturated heterocycles. The molecule has 138 valence electrons. The van der Waals surface area contributed by atoms with Crippen molar-refractivity contribution in [2.75, 3.05) is 8.86 Å². The van der Waals surface area contributed by atoms with Gasteiger partial charge in [0.2, 0.25) is 0 Å². The van der Waals surface area contributed by atoms with Gasteiger partial charge in [-0.15, -0.1) is 0 Å². The highest BCUT2D eigenvalue weighted by Crippen LogP contribution is 2.41. The molecule has 6 heteroatoms. The van der Waals surface area contributed by atoms with Crippen molar-refractivity contribution in [1.29, 1.82) is 0 Å². The maximum absolute atomic E-state index is 6.32. The van der Waals surface area contributed by atoms with Crippen molar-refractivity contribution in [2.24, 2.45) is 0 Å². The Labute approximate surface area is 180 Å². The van der Waals surface area contributed by atoms with E-state index < -0.39 is 0 Å². The fourth-order valence-corrected chi connectivity index (χ4v) is 4.78. The molecule has 2 aliphatic heterocycles. The molecule has 0 saturated carbocycles. The molecule has 4 nitrogen and oxygen atoms in total. The van der Waals surface area contributed by atoms with Gasteiger partial charge in [-0.25, -0.2) is 0 Å². The van der Waals surface area contributed by atoms with Gasteiger partial charge in [0.15, 0.2) is 12.6 Å². The summed E-state index contributed by atoms with van der Waals surface area (Å²) in [5.41, 5.74) is 2.05. The van der Waals surface area contributed by atoms with Crippen LogP contribution in [0.1, 0.15) is 23.7 Å². The molecule has 2 aromatic rings. The van der Waals surface area contributed by atoms with E-state index in [-0.39, 0.29) is 37.0 Å². The second-order valence-electron chi connectivity index (χ2n) is 6.34. The van der Waals surface area contributed by atoms with Crippen LogP contribution in [-0.4, -0.2) is 33.3 Å². The Balaban J connectivity index is 1.59. The Morgan fingerprint density at radius 3 is 1.31 bits per heavy atom. The monoisotopic (exact) mass is 578 g/mol. The Kier molecular flexibility index (Phi) is 6.48. The first-order chi connectivity index (χ1) is 12.8. The lowest BCUT2D eigenvalue weighted by Crippen LogP contribution is -2.59. The van der Waals surface area contributed by atoms with E-state index in [0.717, 1.165) is 20.0 Å². The minimum Gasteiger partial charge on any atom is -0.341 e. The average Bonchev–Trinajstić information content (AvgIpc) is 2.73. The molecule has 2 heterocycles. The fourth-order valence-electron chi connectivity index (χ4n) is 3.36. The highest BCUT2D eigenvalue weighted by atomic mass is 127. The van der Waals surface area contributed by atoms with Crippen LogP contribution >= 0.6 is 45.2 Å². The maximum Gasteiger partial charge on any atom is 0.184 e. The predicted molar refractivity (Wildman–Crippen MR) is 116 cm³/mol. The smallest absolute Gasteiger partial charge is 0.184 e. The molecule has 2 fully saturated rings. The minimum absolute atomic E-state index is 0.0416. The summed E-state index contributed by atoms with van der Waals surface area (Å²) in [4.78, 5) is 0. The van der Waals surface area contributed by atoms with Gasteiger partial charge in [-0.3, -0.25) is 0 Å². The van der Waals surface area contributed by atoms with Gasteiger partial charge in [0, 0.05) is 20.0 Å². The van der Waals surface area contributed by atoms with Crippen LogP contribution in [0.15, 0.2) is 60.7 Å². The summed E-state index contributed by atoms with van der Waals surface area (Å²) in [6.07, 6.45) is -1.15. The summed E-state index contributed by atoms with van der Waals surface area (Å²) in [6.45, 7) is 0. The average molecular weight is 578 g/mol. The van der Waals surface area contributed by atoms with Crippen molar-refractivity contribution in [3.63, 3.8) is 0 Å². The zero-order chi connectivity index (χ0) is 17.9. The molecule has 0 aliphatic carbocycles. The number of hydrogen-bond donors (Lipinski definition) is 0. The molecule has 6 atom stereocenters. The number of rotatable bonds is 4. The van der Waals surface area contributed by atoms with E-state index >= 15 is 0 Å². The van der Waals surface area contributed by atoms with E-state index in [4.69, 9.17) is 18.9 Å². The zero-order valence-corrected chi connectivity index (χ0v) is 18.4. The molecule has 0 radical (unpaired) electrons. The van der Waals surface area contributed by atoms with Crippen molar-refractivity contribution in [3.8, 4) is 0 Å². The van der Waals surface area contributed by atoms with Crippen molar-refractivity contribution < 1.29 is 18.9 Å². The van der Waals surface area contributed by atoms with Gasteiger partial charge >= 0.3 is 0 Å². The first-order valence-corrected chi connectivity index (χ1v) is 11.7. The van der Waals surface area contributed by atoms with Crippen LogP contribution in [0.5, 0.6) is 0 Å². The molecule has 4 rings (SSSR count). The van der Waals surface area contributed by atoms with E-state index in [1.807, 2.05) is 60.7 Å². The molecule has 2 aromatic carbocycles. The number of halogens is 2. The molecular formula is C20H20I2O4. The molecule has 26 heavy (non-hydrogen) atoms. The lowest BCUT2D eigenvalue weighted by molar-refractivity contribution is -0.375. The van der Waals surface area contributed by atoms with Gasteiger partial charge < -0.3 is 18.9 Å². The molecular weight excluding hydrogens is 558 g/mol. The second-order valence-corrected chi connectivity index (χ2v) is 8.11. The summed E-state index contributed by atoms with van der Waals surface area (Å²) in [6, 6.07) is 20.1. The van der Waals surface area contributed by atoms with Crippen LogP contribution in [0, 0.1) is 0 Å². The first-order valence-electron chi connectivity index (χ1n) is 8.64. The highest BCUT2D eigenvalue weighted by Gasteiger charge is 2.49. The van der Waals surface area contributed by atoms with E-state index in [1.165, 1.54) is 0 Å². The van der Waals surface area contributed by atoms with Gasteiger partial charge in [0.1, 0.15) is 12.2 Å². The molecule has 2 aliphatic rings. The summed E-state index contributed by atoms with van der Waals surface area (Å²) >= 11 is 4.73. The lowest BCUT2D eigenvalue weighted by atomic mass is 10.00. The summed E-state index contributed by atoms with van der Waals surface area (Å²) in [5.74, 6) is 0. The van der Waals surface area contributed by atoms with Crippen molar-refractivity contribution in [2.45, 2.75) is 37.0 Å². The largest absolute Gasteiger partial charge is 0.341 e. The molecule has 0 N–H and O–H groups in total. The van der Waals surface area contributed by atoms with Crippen LogP contribution in [-0.2, 0) is 18.9 Å². The van der Waals surface area contributed by atoms with E-state index in [1.54, 1.807) is 0 Å². The first kappa shape index (κ1) is 19.1. The maximum atomic E-state index is 6.32. The number of benzene rings is 2. The van der Waals surface area contributed by atoms with Crippen molar-refractivity contribution >= 4 is 45.2 Å². The Morgan fingerprint density at radius 2 is 0.962 bits per heavy atom. The topological polar surface area (TPSA) is 36.9 Å². The molecule has 0 amide bonds. The predicted octanol–water partition coefficient (Wildman–Crippen LogP) is 4.82. The molecule has 0 bridgehead atoms. The normalized spacial score (nSPS) is 34.2.